The van der Waals surface area contributed by atoms with Crippen molar-refractivity contribution in [3.8, 4) is 6.07 Å². The molecular formula is C22H36F2N6O2. The molecular weight excluding hydrogens is 418 g/mol. The highest BCUT2D eigenvalue weighted by molar-refractivity contribution is 6.02. The first kappa shape index (κ1) is 27.5. The van der Waals surface area contributed by atoms with Crippen molar-refractivity contribution in [2.24, 2.45) is 17.4 Å². The number of carbonyl (C=O) groups is 2. The molecule has 1 aromatic heterocycles. The minimum atomic E-state index is -2.42. The number of H-pyrrole nitrogens is 1. The molecule has 3 fully saturated rings. The van der Waals surface area contributed by atoms with Gasteiger partial charge < -0.3 is 16.8 Å². The molecule has 10 heteroatoms. The molecule has 2 amide bonds. The maximum atomic E-state index is 12.3. The number of aromatic amines is 1. The third-order valence-electron chi connectivity index (χ3n) is 5.36. The summed E-state index contributed by atoms with van der Waals surface area (Å²) in [5.74, 6) is -2.74. The minimum Gasteiger partial charge on any atom is -0.365 e. The number of nitrogens with two attached hydrogens (primary N) is 2. The molecule has 0 saturated heterocycles. The number of hydrogen-bond acceptors (Lipinski definition) is 5. The lowest BCUT2D eigenvalue weighted by atomic mass is 9.93. The predicted octanol–water partition coefficient (Wildman–Crippen LogP) is 4.25. The standard InChI is InChI=1S/C8H10N4O2.C6H11F2N.C6H12.C2H3N/c9-6(13)5-3-10-12-7(5)11-8(14)4-1-2-4;7-6(8)3-1-5(9)2-4-6;1-2-4-6-5-3-1;1-2-3/h3-4H,1-2H2,(H2,9,13)(H2,10,11,12,14);5H,1-4,9H2;1-6H2;1H3. The predicted molar refractivity (Wildman–Crippen MR) is 119 cm³/mol. The quantitative estimate of drug-likeness (QED) is 0.538. The molecule has 1 heterocycles. The van der Waals surface area contributed by atoms with Crippen LogP contribution in [-0.2, 0) is 4.79 Å². The molecule has 0 aliphatic heterocycles. The maximum absolute atomic E-state index is 12.3. The Hall–Kier alpha value is -2.54. The van der Waals surface area contributed by atoms with Gasteiger partial charge >= 0.3 is 0 Å². The summed E-state index contributed by atoms with van der Waals surface area (Å²) in [4.78, 5) is 22.2. The van der Waals surface area contributed by atoms with Crippen molar-refractivity contribution in [2.75, 3.05) is 5.32 Å². The van der Waals surface area contributed by atoms with E-state index in [4.69, 9.17) is 16.7 Å². The number of nitrogens with one attached hydrogen (secondary N) is 2. The van der Waals surface area contributed by atoms with E-state index >= 15 is 0 Å². The largest absolute Gasteiger partial charge is 0.365 e. The molecule has 4 rings (SSSR count). The van der Waals surface area contributed by atoms with E-state index in [1.165, 1.54) is 51.6 Å². The zero-order valence-corrected chi connectivity index (χ0v) is 18.8. The number of primary amides is 1. The molecule has 0 radical (unpaired) electrons. The average Bonchev–Trinajstić information content (AvgIpc) is 3.52. The van der Waals surface area contributed by atoms with Gasteiger partial charge in [0.1, 0.15) is 11.4 Å². The molecule has 180 valence electrons. The number of aromatic nitrogens is 2. The van der Waals surface area contributed by atoms with Crippen LogP contribution in [0.25, 0.3) is 0 Å². The normalized spacial score (nSPS) is 19.3. The summed E-state index contributed by atoms with van der Waals surface area (Å²) in [6.45, 7) is 1.43. The Morgan fingerprint density at radius 1 is 1.12 bits per heavy atom. The Balaban J connectivity index is 0.000000244. The van der Waals surface area contributed by atoms with Crippen molar-refractivity contribution >= 4 is 17.6 Å². The topological polar surface area (TPSA) is 151 Å². The van der Waals surface area contributed by atoms with Crippen molar-refractivity contribution in [1.29, 1.82) is 5.26 Å². The molecule has 3 saturated carbocycles. The van der Waals surface area contributed by atoms with Crippen molar-refractivity contribution < 1.29 is 18.4 Å². The number of carbonyl (C=O) groups excluding carboxylic acids is 2. The number of nitrogens with zero attached hydrogens (tertiary/aromatic N) is 2. The molecule has 0 unspecified atom stereocenters. The van der Waals surface area contributed by atoms with E-state index in [1.54, 1.807) is 6.07 Å². The molecule has 0 bridgehead atoms. The monoisotopic (exact) mass is 454 g/mol. The van der Waals surface area contributed by atoms with E-state index in [9.17, 15) is 18.4 Å². The van der Waals surface area contributed by atoms with Gasteiger partial charge in [0.05, 0.1) is 12.3 Å². The van der Waals surface area contributed by atoms with Crippen molar-refractivity contribution in [3.63, 3.8) is 0 Å². The van der Waals surface area contributed by atoms with Crippen LogP contribution in [0.3, 0.4) is 0 Å². The second-order valence-electron chi connectivity index (χ2n) is 8.32. The van der Waals surface area contributed by atoms with Crippen LogP contribution in [0.4, 0.5) is 14.6 Å². The van der Waals surface area contributed by atoms with Crippen LogP contribution >= 0.6 is 0 Å². The molecule has 6 N–H and O–H groups in total. The van der Waals surface area contributed by atoms with Crippen LogP contribution in [0.5, 0.6) is 0 Å². The highest BCUT2D eigenvalue weighted by atomic mass is 19.3. The Morgan fingerprint density at radius 2 is 1.59 bits per heavy atom. The summed E-state index contributed by atoms with van der Waals surface area (Å²) >= 11 is 0. The Bertz CT molecular complexity index is 718. The third kappa shape index (κ3) is 11.7. The van der Waals surface area contributed by atoms with Gasteiger partial charge in [0, 0.05) is 31.7 Å². The van der Waals surface area contributed by atoms with Crippen molar-refractivity contribution in [2.45, 2.75) is 95.9 Å². The van der Waals surface area contributed by atoms with E-state index in [0.29, 0.717) is 12.8 Å². The number of rotatable bonds is 3. The first-order valence-electron chi connectivity index (χ1n) is 11.3. The minimum absolute atomic E-state index is 0.0182. The molecule has 0 atom stereocenters. The smallest absolute Gasteiger partial charge is 0.254 e. The van der Waals surface area contributed by atoms with Crippen LogP contribution in [0, 0.1) is 17.2 Å². The molecule has 3 aliphatic carbocycles. The van der Waals surface area contributed by atoms with Gasteiger partial charge in [-0.15, -0.1) is 0 Å². The average molecular weight is 455 g/mol. The zero-order valence-electron chi connectivity index (χ0n) is 18.8. The van der Waals surface area contributed by atoms with Gasteiger partial charge in [-0.1, -0.05) is 38.5 Å². The number of hydrogen-bond donors (Lipinski definition) is 4. The van der Waals surface area contributed by atoms with Gasteiger partial charge in [0.15, 0.2) is 0 Å². The van der Waals surface area contributed by atoms with Gasteiger partial charge in [-0.25, -0.2) is 8.78 Å². The molecule has 3 aliphatic rings. The van der Waals surface area contributed by atoms with Crippen LogP contribution in [0.1, 0.15) is 94.3 Å². The zero-order chi connectivity index (χ0) is 24.0. The van der Waals surface area contributed by atoms with Gasteiger partial charge in [-0.05, 0) is 25.7 Å². The van der Waals surface area contributed by atoms with Crippen LogP contribution < -0.4 is 16.8 Å². The molecule has 32 heavy (non-hydrogen) atoms. The summed E-state index contributed by atoms with van der Waals surface area (Å²) in [5, 5.41) is 16.0. The summed E-state index contributed by atoms with van der Waals surface area (Å²) in [7, 11) is 0. The summed E-state index contributed by atoms with van der Waals surface area (Å²) in [6.07, 6.45) is 13.0. The number of anilines is 1. The lowest BCUT2D eigenvalue weighted by Crippen LogP contribution is -2.32. The van der Waals surface area contributed by atoms with E-state index in [2.05, 4.69) is 15.5 Å². The second-order valence-corrected chi connectivity index (χ2v) is 8.32. The lowest BCUT2D eigenvalue weighted by Gasteiger charge is -2.25. The van der Waals surface area contributed by atoms with E-state index in [1.807, 2.05) is 0 Å². The van der Waals surface area contributed by atoms with Gasteiger partial charge in [0.25, 0.3) is 5.91 Å². The Labute approximate surface area is 188 Å². The highest BCUT2D eigenvalue weighted by Gasteiger charge is 2.33. The first-order valence-corrected chi connectivity index (χ1v) is 11.3. The third-order valence-corrected chi connectivity index (χ3v) is 5.36. The maximum Gasteiger partial charge on any atom is 0.254 e. The SMILES string of the molecule is C1CCCCC1.CC#N.NC(=O)c1cn[nH]c1NC(=O)C1CC1.NC1CCC(F)(F)CC1. The number of nitriles is 1. The molecule has 0 aromatic carbocycles. The van der Waals surface area contributed by atoms with Gasteiger partial charge in [-0.3, -0.25) is 14.7 Å². The Kier molecular flexibility index (Phi) is 12.5. The fraction of sp³-hybridized carbons (Fsp3) is 0.727. The fourth-order valence-electron chi connectivity index (χ4n) is 3.26. The van der Waals surface area contributed by atoms with E-state index < -0.39 is 11.8 Å². The molecule has 0 spiro atoms. The van der Waals surface area contributed by atoms with Crippen molar-refractivity contribution in [3.05, 3.63) is 11.8 Å². The van der Waals surface area contributed by atoms with Crippen LogP contribution in [0.2, 0.25) is 0 Å². The molecule has 1 aromatic rings. The fourth-order valence-corrected chi connectivity index (χ4v) is 3.26. The van der Waals surface area contributed by atoms with Crippen molar-refractivity contribution in [1.82, 2.24) is 10.2 Å². The number of halogens is 2. The highest BCUT2D eigenvalue weighted by Crippen LogP contribution is 2.32. The summed E-state index contributed by atoms with van der Waals surface area (Å²) in [5.41, 5.74) is 10.7. The van der Waals surface area contributed by atoms with E-state index in [-0.39, 0.29) is 42.1 Å². The lowest BCUT2D eigenvalue weighted by molar-refractivity contribution is -0.117. The Morgan fingerprint density at radius 3 is 1.97 bits per heavy atom. The number of alkyl halides is 2. The van der Waals surface area contributed by atoms with Gasteiger partial charge in [0.2, 0.25) is 11.8 Å². The first-order chi connectivity index (χ1) is 15.2. The molecule has 8 nitrogen and oxygen atoms in total. The van der Waals surface area contributed by atoms with Crippen LogP contribution in [-0.4, -0.2) is 34.0 Å². The second kappa shape index (κ2) is 14.5. The summed E-state index contributed by atoms with van der Waals surface area (Å²) < 4.78 is 24.6. The van der Waals surface area contributed by atoms with Gasteiger partial charge in [-0.2, -0.15) is 10.4 Å². The number of amides is 2. The van der Waals surface area contributed by atoms with Crippen LogP contribution in [0.15, 0.2) is 6.20 Å². The van der Waals surface area contributed by atoms with E-state index in [0.717, 1.165) is 12.8 Å². The summed E-state index contributed by atoms with van der Waals surface area (Å²) in [6, 6.07) is 1.77.